The molecule has 3 aromatic rings. The molecule has 4 rings (SSSR count). The standard InChI is InChI=1S/C32H34F3NO4/c1-30(2,3)25-11-8-21(9-12-25)18-31(4)19-24-17-23(10-13-27(24)40-31)29(39)36(15-14-28(37)38)20-22-6-5-7-26(16-22)32(33,34)35/h5-13,16-17H,14-15,18-20H2,1-4H3,(H,37,38)/t31-/m0/s1. The number of hydrogen-bond donors (Lipinski definition) is 1. The second-order valence-corrected chi connectivity index (χ2v) is 11.7. The van der Waals surface area contributed by atoms with Crippen LogP contribution in [0.2, 0.25) is 0 Å². The number of carbonyl (C=O) groups excluding carboxylic acids is 1. The quantitative estimate of drug-likeness (QED) is 0.324. The number of nitrogens with zero attached hydrogens (tertiary/aromatic N) is 1. The number of benzene rings is 3. The largest absolute Gasteiger partial charge is 0.487 e. The highest BCUT2D eigenvalue weighted by Crippen LogP contribution is 2.38. The SMILES string of the molecule is CC(C)(C)c1ccc(C[C@@]2(C)Cc3cc(C(=O)N(CCC(=O)O)Cc4cccc(C(F)(F)F)c4)ccc3O2)cc1. The van der Waals surface area contributed by atoms with Crippen molar-refractivity contribution in [1.29, 1.82) is 0 Å². The maximum absolute atomic E-state index is 13.5. The highest BCUT2D eigenvalue weighted by atomic mass is 19.4. The first-order chi connectivity index (χ1) is 18.6. The Labute approximate surface area is 232 Å². The summed E-state index contributed by atoms with van der Waals surface area (Å²) in [6, 6.07) is 18.3. The van der Waals surface area contributed by atoms with Crippen LogP contribution >= 0.6 is 0 Å². The van der Waals surface area contributed by atoms with Crippen LogP contribution in [0.25, 0.3) is 0 Å². The highest BCUT2D eigenvalue weighted by molar-refractivity contribution is 5.95. The Kier molecular flexibility index (Phi) is 8.01. The molecule has 0 saturated carbocycles. The van der Waals surface area contributed by atoms with E-state index in [0.29, 0.717) is 24.2 Å². The molecule has 0 bridgehead atoms. The molecule has 1 heterocycles. The molecule has 1 aliphatic heterocycles. The summed E-state index contributed by atoms with van der Waals surface area (Å²) in [5, 5.41) is 9.19. The summed E-state index contributed by atoms with van der Waals surface area (Å²) in [6.45, 7) is 8.25. The van der Waals surface area contributed by atoms with E-state index in [0.717, 1.165) is 23.3 Å². The molecule has 0 aromatic heterocycles. The number of carbonyl (C=O) groups is 2. The summed E-state index contributed by atoms with van der Waals surface area (Å²) in [6.07, 6.45) is -3.60. The molecule has 0 aliphatic carbocycles. The number of halogens is 3. The van der Waals surface area contributed by atoms with Crippen LogP contribution in [-0.2, 0) is 35.8 Å². The van der Waals surface area contributed by atoms with Gasteiger partial charge in [0.2, 0.25) is 0 Å². The van der Waals surface area contributed by atoms with Crippen molar-refractivity contribution >= 4 is 11.9 Å². The van der Waals surface area contributed by atoms with Gasteiger partial charge in [-0.25, -0.2) is 0 Å². The van der Waals surface area contributed by atoms with E-state index in [1.807, 2.05) is 6.92 Å². The van der Waals surface area contributed by atoms with Gasteiger partial charge in [-0.3, -0.25) is 9.59 Å². The van der Waals surface area contributed by atoms with Crippen molar-refractivity contribution in [2.24, 2.45) is 0 Å². The van der Waals surface area contributed by atoms with E-state index in [9.17, 15) is 27.9 Å². The van der Waals surface area contributed by atoms with E-state index in [2.05, 4.69) is 45.0 Å². The molecular formula is C32H34F3NO4. The molecule has 0 saturated heterocycles. The molecule has 0 unspecified atom stereocenters. The van der Waals surface area contributed by atoms with Gasteiger partial charge in [0.1, 0.15) is 11.4 Å². The van der Waals surface area contributed by atoms with Crippen molar-refractivity contribution in [3.05, 3.63) is 100 Å². The molecule has 8 heteroatoms. The molecule has 0 spiro atoms. The normalized spacial score (nSPS) is 16.8. The number of fused-ring (bicyclic) bond motifs is 1. The van der Waals surface area contributed by atoms with E-state index in [1.54, 1.807) is 18.2 Å². The number of hydrogen-bond acceptors (Lipinski definition) is 3. The lowest BCUT2D eigenvalue weighted by atomic mass is 9.85. The van der Waals surface area contributed by atoms with Gasteiger partial charge in [0.15, 0.2) is 0 Å². The Morgan fingerprint density at radius 1 is 0.950 bits per heavy atom. The van der Waals surface area contributed by atoms with Crippen LogP contribution in [0.15, 0.2) is 66.7 Å². The molecule has 1 amide bonds. The highest BCUT2D eigenvalue weighted by Gasteiger charge is 2.36. The number of alkyl halides is 3. The molecule has 0 fully saturated rings. The number of aliphatic carboxylic acids is 1. The minimum atomic E-state index is -4.52. The van der Waals surface area contributed by atoms with Gasteiger partial charge in [0.05, 0.1) is 12.0 Å². The van der Waals surface area contributed by atoms with Crippen LogP contribution in [0.5, 0.6) is 5.75 Å². The third kappa shape index (κ3) is 7.03. The second kappa shape index (κ2) is 11.0. The number of carboxylic acid groups (broad SMARTS) is 1. The minimum absolute atomic E-state index is 0.0605. The first-order valence-corrected chi connectivity index (χ1v) is 13.2. The molecule has 1 atom stereocenters. The lowest BCUT2D eigenvalue weighted by Crippen LogP contribution is -2.33. The molecule has 1 N–H and O–H groups in total. The Bertz CT molecular complexity index is 1390. The zero-order valence-corrected chi connectivity index (χ0v) is 23.1. The van der Waals surface area contributed by atoms with Gasteiger partial charge in [-0.15, -0.1) is 0 Å². The van der Waals surface area contributed by atoms with Crippen LogP contribution in [0.4, 0.5) is 13.2 Å². The predicted octanol–water partition coefficient (Wildman–Crippen LogP) is 7.06. The van der Waals surface area contributed by atoms with E-state index in [1.165, 1.54) is 22.6 Å². The first kappa shape index (κ1) is 29.2. The van der Waals surface area contributed by atoms with Gasteiger partial charge in [0, 0.05) is 31.5 Å². The van der Waals surface area contributed by atoms with E-state index < -0.39 is 29.2 Å². The predicted molar refractivity (Wildman–Crippen MR) is 146 cm³/mol. The van der Waals surface area contributed by atoms with Crippen molar-refractivity contribution in [1.82, 2.24) is 4.90 Å². The topological polar surface area (TPSA) is 66.8 Å². The van der Waals surface area contributed by atoms with Gasteiger partial charge in [-0.2, -0.15) is 13.2 Å². The zero-order valence-electron chi connectivity index (χ0n) is 23.1. The fraction of sp³-hybridized carbons (Fsp3) is 0.375. The van der Waals surface area contributed by atoms with Crippen LogP contribution < -0.4 is 4.74 Å². The monoisotopic (exact) mass is 553 g/mol. The summed E-state index contributed by atoms with van der Waals surface area (Å²) in [4.78, 5) is 26.0. The Morgan fingerprint density at radius 2 is 1.65 bits per heavy atom. The van der Waals surface area contributed by atoms with Crippen molar-refractivity contribution in [2.75, 3.05) is 6.54 Å². The molecule has 3 aromatic carbocycles. The summed E-state index contributed by atoms with van der Waals surface area (Å²) < 4.78 is 45.9. The Balaban J connectivity index is 1.52. The van der Waals surface area contributed by atoms with Crippen molar-refractivity contribution in [3.8, 4) is 5.75 Å². The number of rotatable bonds is 8. The third-order valence-corrected chi connectivity index (χ3v) is 7.14. The average Bonchev–Trinajstić information content (AvgIpc) is 3.20. The van der Waals surface area contributed by atoms with E-state index in [4.69, 9.17) is 4.74 Å². The second-order valence-electron chi connectivity index (χ2n) is 11.7. The summed E-state index contributed by atoms with van der Waals surface area (Å²) >= 11 is 0. The van der Waals surface area contributed by atoms with Crippen LogP contribution in [0.3, 0.4) is 0 Å². The van der Waals surface area contributed by atoms with Crippen LogP contribution in [-0.4, -0.2) is 34.0 Å². The van der Waals surface area contributed by atoms with Gasteiger partial charge in [-0.05, 0) is 64.9 Å². The molecule has 40 heavy (non-hydrogen) atoms. The summed E-state index contributed by atoms with van der Waals surface area (Å²) in [7, 11) is 0. The lowest BCUT2D eigenvalue weighted by Gasteiger charge is -2.25. The Hall–Kier alpha value is -3.81. The summed E-state index contributed by atoms with van der Waals surface area (Å²) in [5.74, 6) is -0.872. The maximum Gasteiger partial charge on any atom is 0.416 e. The van der Waals surface area contributed by atoms with Gasteiger partial charge in [0.25, 0.3) is 5.91 Å². The molecular weight excluding hydrogens is 519 g/mol. The molecule has 1 aliphatic rings. The number of ether oxygens (including phenoxy) is 1. The number of amides is 1. The molecule has 5 nitrogen and oxygen atoms in total. The Morgan fingerprint density at radius 3 is 2.27 bits per heavy atom. The third-order valence-electron chi connectivity index (χ3n) is 7.14. The van der Waals surface area contributed by atoms with E-state index in [-0.39, 0.29) is 30.5 Å². The minimum Gasteiger partial charge on any atom is -0.487 e. The van der Waals surface area contributed by atoms with Crippen molar-refractivity contribution in [2.45, 2.75) is 70.7 Å². The van der Waals surface area contributed by atoms with Crippen LogP contribution in [0, 0.1) is 0 Å². The zero-order chi connectivity index (χ0) is 29.3. The average molecular weight is 554 g/mol. The molecule has 0 radical (unpaired) electrons. The van der Waals surface area contributed by atoms with Crippen LogP contribution in [0.1, 0.15) is 72.3 Å². The fourth-order valence-electron chi connectivity index (χ4n) is 5.04. The van der Waals surface area contributed by atoms with Gasteiger partial charge in [-0.1, -0.05) is 57.2 Å². The molecule has 212 valence electrons. The smallest absolute Gasteiger partial charge is 0.416 e. The van der Waals surface area contributed by atoms with Crippen molar-refractivity contribution in [3.63, 3.8) is 0 Å². The van der Waals surface area contributed by atoms with Gasteiger partial charge < -0.3 is 14.7 Å². The first-order valence-electron chi connectivity index (χ1n) is 13.2. The van der Waals surface area contributed by atoms with E-state index >= 15 is 0 Å². The fourth-order valence-corrected chi connectivity index (χ4v) is 5.04. The van der Waals surface area contributed by atoms with Gasteiger partial charge >= 0.3 is 12.1 Å². The lowest BCUT2D eigenvalue weighted by molar-refractivity contribution is -0.138. The van der Waals surface area contributed by atoms with Crippen molar-refractivity contribution < 1.29 is 32.6 Å². The summed E-state index contributed by atoms with van der Waals surface area (Å²) in [5.41, 5.74) is 2.58. The maximum atomic E-state index is 13.5. The number of carboxylic acids is 1.